The van der Waals surface area contributed by atoms with Gasteiger partial charge >= 0.3 is 0 Å². The minimum atomic E-state index is 0.317. The zero-order valence-corrected chi connectivity index (χ0v) is 12.4. The van der Waals surface area contributed by atoms with Gasteiger partial charge in [0.1, 0.15) is 0 Å². The van der Waals surface area contributed by atoms with Gasteiger partial charge in [0.25, 0.3) is 0 Å². The van der Waals surface area contributed by atoms with Crippen molar-refractivity contribution in [2.45, 2.75) is 58.0 Å². The predicted molar refractivity (Wildman–Crippen MR) is 75.9 cm³/mol. The molecular weight excluding hydrogens is 224 g/mol. The van der Waals surface area contributed by atoms with Crippen LogP contribution < -0.4 is 5.32 Å². The summed E-state index contributed by atoms with van der Waals surface area (Å²) in [4.78, 5) is 2.72. The number of hydrogen-bond donors (Lipinski definition) is 1. The molecule has 3 nitrogen and oxygen atoms in total. The van der Waals surface area contributed by atoms with E-state index in [0.29, 0.717) is 5.54 Å². The zero-order valence-electron chi connectivity index (χ0n) is 12.4. The first-order chi connectivity index (χ1) is 8.67. The summed E-state index contributed by atoms with van der Waals surface area (Å²) in [7, 11) is 0. The molecule has 0 saturated carbocycles. The van der Waals surface area contributed by atoms with Crippen LogP contribution in [0.25, 0.3) is 0 Å². The van der Waals surface area contributed by atoms with Gasteiger partial charge in [0.15, 0.2) is 0 Å². The van der Waals surface area contributed by atoms with Crippen LogP contribution in [0.2, 0.25) is 0 Å². The Morgan fingerprint density at radius 2 is 2.22 bits per heavy atom. The molecule has 3 heteroatoms. The molecular formula is C15H30N2O. The van der Waals surface area contributed by atoms with Crippen molar-refractivity contribution in [2.24, 2.45) is 5.92 Å². The first kappa shape index (κ1) is 14.3. The van der Waals surface area contributed by atoms with E-state index >= 15 is 0 Å². The number of nitrogens with zero attached hydrogens (tertiary/aromatic N) is 1. The third-order valence-corrected chi connectivity index (χ3v) is 4.93. The monoisotopic (exact) mass is 254 g/mol. The Hall–Kier alpha value is -0.120. The fraction of sp³-hybridized carbons (Fsp3) is 1.00. The second kappa shape index (κ2) is 6.36. The van der Waals surface area contributed by atoms with Crippen molar-refractivity contribution in [1.82, 2.24) is 10.2 Å². The van der Waals surface area contributed by atoms with Crippen LogP contribution in [0.15, 0.2) is 0 Å². The fourth-order valence-corrected chi connectivity index (χ4v) is 3.19. The molecule has 2 heterocycles. The number of hydrogen-bond acceptors (Lipinski definition) is 3. The normalized spacial score (nSPS) is 38.2. The summed E-state index contributed by atoms with van der Waals surface area (Å²) in [5.74, 6) is 0.810. The molecule has 2 aliphatic rings. The Labute approximate surface area is 112 Å². The molecule has 2 aliphatic heterocycles. The SMILES string of the molecule is CCC1CNC(C)(CC)CN1CCC1CCOC1. The number of piperazine rings is 1. The van der Waals surface area contributed by atoms with Crippen molar-refractivity contribution in [3.8, 4) is 0 Å². The summed E-state index contributed by atoms with van der Waals surface area (Å²) in [6.45, 7) is 12.6. The number of nitrogens with one attached hydrogen (secondary N) is 1. The Morgan fingerprint density at radius 3 is 2.83 bits per heavy atom. The molecule has 0 amide bonds. The van der Waals surface area contributed by atoms with Crippen molar-refractivity contribution >= 4 is 0 Å². The smallest absolute Gasteiger partial charge is 0.0495 e. The molecule has 1 N–H and O–H groups in total. The molecule has 2 fully saturated rings. The van der Waals surface area contributed by atoms with Gasteiger partial charge in [0, 0.05) is 37.9 Å². The molecule has 0 aromatic rings. The zero-order chi connectivity index (χ0) is 13.0. The lowest BCUT2D eigenvalue weighted by molar-refractivity contribution is 0.0754. The average molecular weight is 254 g/mol. The van der Waals surface area contributed by atoms with Crippen LogP contribution in [0, 0.1) is 5.92 Å². The van der Waals surface area contributed by atoms with Crippen molar-refractivity contribution in [1.29, 1.82) is 0 Å². The van der Waals surface area contributed by atoms with Gasteiger partial charge in [0.05, 0.1) is 0 Å². The summed E-state index contributed by atoms with van der Waals surface area (Å²) in [5.41, 5.74) is 0.317. The highest BCUT2D eigenvalue weighted by Gasteiger charge is 2.33. The lowest BCUT2D eigenvalue weighted by Crippen LogP contribution is -2.62. The number of rotatable bonds is 5. The topological polar surface area (TPSA) is 24.5 Å². The summed E-state index contributed by atoms with van der Waals surface area (Å²) in [6, 6.07) is 0.729. The maximum absolute atomic E-state index is 5.48. The van der Waals surface area contributed by atoms with Crippen molar-refractivity contribution in [2.75, 3.05) is 32.8 Å². The van der Waals surface area contributed by atoms with E-state index < -0.39 is 0 Å². The first-order valence-electron chi connectivity index (χ1n) is 7.73. The predicted octanol–water partition coefficient (Wildman–Crippen LogP) is 2.27. The third kappa shape index (κ3) is 3.46. The van der Waals surface area contributed by atoms with Gasteiger partial charge in [-0.05, 0) is 45.1 Å². The summed E-state index contributed by atoms with van der Waals surface area (Å²) < 4.78 is 5.48. The van der Waals surface area contributed by atoms with Gasteiger partial charge in [-0.2, -0.15) is 0 Å². The average Bonchev–Trinajstić information content (AvgIpc) is 2.90. The van der Waals surface area contributed by atoms with Crippen LogP contribution in [0.3, 0.4) is 0 Å². The molecule has 18 heavy (non-hydrogen) atoms. The highest BCUT2D eigenvalue weighted by Crippen LogP contribution is 2.23. The van der Waals surface area contributed by atoms with E-state index in [0.717, 1.165) is 31.7 Å². The van der Waals surface area contributed by atoms with Crippen LogP contribution in [0.5, 0.6) is 0 Å². The highest BCUT2D eigenvalue weighted by molar-refractivity contribution is 4.94. The van der Waals surface area contributed by atoms with E-state index in [1.165, 1.54) is 38.8 Å². The van der Waals surface area contributed by atoms with Gasteiger partial charge in [0.2, 0.25) is 0 Å². The van der Waals surface area contributed by atoms with E-state index in [-0.39, 0.29) is 0 Å². The standard InChI is InChI=1S/C15H30N2O/c1-4-14-10-16-15(3,5-2)12-17(14)8-6-13-7-9-18-11-13/h13-14,16H,4-12H2,1-3H3. The molecule has 106 valence electrons. The minimum Gasteiger partial charge on any atom is -0.381 e. The van der Waals surface area contributed by atoms with Crippen molar-refractivity contribution in [3.05, 3.63) is 0 Å². The molecule has 2 rings (SSSR count). The van der Waals surface area contributed by atoms with Gasteiger partial charge in [-0.25, -0.2) is 0 Å². The van der Waals surface area contributed by atoms with Crippen LogP contribution in [-0.2, 0) is 4.74 Å². The van der Waals surface area contributed by atoms with Gasteiger partial charge in [-0.1, -0.05) is 13.8 Å². The van der Waals surface area contributed by atoms with Gasteiger partial charge < -0.3 is 10.1 Å². The summed E-state index contributed by atoms with van der Waals surface area (Å²) >= 11 is 0. The van der Waals surface area contributed by atoms with E-state index in [1.54, 1.807) is 0 Å². The largest absolute Gasteiger partial charge is 0.381 e. The Kier molecular flexibility index (Phi) is 5.05. The first-order valence-corrected chi connectivity index (χ1v) is 7.73. The summed E-state index contributed by atoms with van der Waals surface area (Å²) in [5, 5.41) is 3.74. The molecule has 3 unspecified atom stereocenters. The molecule has 0 aliphatic carbocycles. The molecule has 0 radical (unpaired) electrons. The van der Waals surface area contributed by atoms with E-state index in [9.17, 15) is 0 Å². The fourth-order valence-electron chi connectivity index (χ4n) is 3.19. The third-order valence-electron chi connectivity index (χ3n) is 4.93. The maximum atomic E-state index is 5.48. The van der Waals surface area contributed by atoms with Crippen LogP contribution in [0.1, 0.15) is 46.5 Å². The lowest BCUT2D eigenvalue weighted by atomic mass is 9.92. The van der Waals surface area contributed by atoms with Crippen LogP contribution in [0.4, 0.5) is 0 Å². The van der Waals surface area contributed by atoms with Crippen molar-refractivity contribution in [3.63, 3.8) is 0 Å². The Bertz CT molecular complexity index is 253. The molecule has 0 aromatic carbocycles. The van der Waals surface area contributed by atoms with Gasteiger partial charge in [-0.3, -0.25) is 4.90 Å². The Balaban J connectivity index is 1.85. The lowest BCUT2D eigenvalue weighted by Gasteiger charge is -2.46. The molecule has 0 aromatic heterocycles. The minimum absolute atomic E-state index is 0.317. The maximum Gasteiger partial charge on any atom is 0.0495 e. The quantitative estimate of drug-likeness (QED) is 0.814. The van der Waals surface area contributed by atoms with Crippen LogP contribution >= 0.6 is 0 Å². The molecule has 0 spiro atoms. The molecule has 2 saturated heterocycles. The second-order valence-corrected chi connectivity index (χ2v) is 6.35. The Morgan fingerprint density at radius 1 is 1.39 bits per heavy atom. The molecule has 3 atom stereocenters. The molecule has 0 bridgehead atoms. The van der Waals surface area contributed by atoms with E-state index in [1.807, 2.05) is 0 Å². The van der Waals surface area contributed by atoms with Crippen LogP contribution in [-0.4, -0.2) is 49.3 Å². The number of ether oxygens (including phenoxy) is 1. The van der Waals surface area contributed by atoms with Crippen molar-refractivity contribution < 1.29 is 4.74 Å². The van der Waals surface area contributed by atoms with E-state index in [2.05, 4.69) is 31.0 Å². The second-order valence-electron chi connectivity index (χ2n) is 6.35. The van der Waals surface area contributed by atoms with E-state index in [4.69, 9.17) is 4.74 Å². The highest BCUT2D eigenvalue weighted by atomic mass is 16.5. The summed E-state index contributed by atoms with van der Waals surface area (Å²) in [6.07, 6.45) is 5.06. The van der Waals surface area contributed by atoms with Gasteiger partial charge in [-0.15, -0.1) is 0 Å².